The van der Waals surface area contributed by atoms with Crippen LogP contribution in [0.5, 0.6) is 0 Å². The Morgan fingerprint density at radius 3 is 2.68 bits per heavy atom. The van der Waals surface area contributed by atoms with E-state index >= 15 is 0 Å². The average molecular weight is 399 g/mol. The zero-order valence-corrected chi connectivity index (χ0v) is 15.2. The fourth-order valence-corrected chi connectivity index (χ4v) is 2.58. The van der Waals surface area contributed by atoms with Crippen molar-refractivity contribution in [1.82, 2.24) is 14.9 Å². The number of nitrogens with zero attached hydrogens (tertiary/aromatic N) is 2. The maximum Gasteiger partial charge on any atom is 0.409 e. The summed E-state index contributed by atoms with van der Waals surface area (Å²) in [5, 5.41) is 2.23. The van der Waals surface area contributed by atoms with Gasteiger partial charge >= 0.3 is 12.1 Å². The number of rotatable bonds is 8. The van der Waals surface area contributed by atoms with Crippen molar-refractivity contribution in [3.8, 4) is 0 Å². The van der Waals surface area contributed by atoms with E-state index in [-0.39, 0.29) is 31.6 Å². The monoisotopic (exact) mass is 399 g/mol. The number of halogens is 3. The van der Waals surface area contributed by atoms with E-state index in [2.05, 4.69) is 9.72 Å². The number of fused-ring (bicyclic) bond motifs is 1. The molecule has 7 nitrogen and oxygen atoms in total. The molecule has 1 aromatic heterocycles. The fraction of sp³-hybridized carbons (Fsp3) is 0.444. The minimum absolute atomic E-state index is 0.0497. The third-order valence-electron chi connectivity index (χ3n) is 3.94. The summed E-state index contributed by atoms with van der Waals surface area (Å²) in [6.45, 7) is 1.55. The highest BCUT2D eigenvalue weighted by molar-refractivity contribution is 5.78. The number of aryl methyl sites for hydroxylation is 1. The van der Waals surface area contributed by atoms with Crippen molar-refractivity contribution in [1.29, 1.82) is 0 Å². The number of alkyl halides is 3. The van der Waals surface area contributed by atoms with Crippen molar-refractivity contribution in [3.05, 3.63) is 40.9 Å². The summed E-state index contributed by atoms with van der Waals surface area (Å²) >= 11 is 0. The van der Waals surface area contributed by atoms with Gasteiger partial charge < -0.3 is 10.1 Å². The van der Waals surface area contributed by atoms with Gasteiger partial charge in [-0.15, -0.1) is 0 Å². The van der Waals surface area contributed by atoms with Crippen LogP contribution >= 0.6 is 0 Å². The number of hydrogen-bond donors (Lipinski definition) is 1. The SMILES string of the molecule is CCOC(=O)C[C@H](NC(=O)CCCn1cnc2ccccc2c1=O)C(F)(F)F. The molecule has 0 aliphatic carbocycles. The fourth-order valence-electron chi connectivity index (χ4n) is 2.58. The van der Waals surface area contributed by atoms with E-state index in [4.69, 9.17) is 0 Å². The third kappa shape index (κ3) is 5.80. The number of carbonyl (C=O) groups is 2. The third-order valence-corrected chi connectivity index (χ3v) is 3.94. The van der Waals surface area contributed by atoms with Gasteiger partial charge in [0, 0.05) is 13.0 Å². The lowest BCUT2D eigenvalue weighted by atomic mass is 10.2. The Labute approximate surface area is 158 Å². The molecule has 0 aliphatic heterocycles. The second kappa shape index (κ2) is 9.34. The van der Waals surface area contributed by atoms with Crippen LogP contribution in [0.4, 0.5) is 13.2 Å². The smallest absolute Gasteiger partial charge is 0.409 e. The Balaban J connectivity index is 1.93. The quantitative estimate of drug-likeness (QED) is 0.687. The molecule has 1 N–H and O–H groups in total. The zero-order valence-electron chi connectivity index (χ0n) is 15.2. The Morgan fingerprint density at radius 1 is 1.29 bits per heavy atom. The summed E-state index contributed by atoms with van der Waals surface area (Å²) in [5.74, 6) is -1.91. The van der Waals surface area contributed by atoms with E-state index in [0.717, 1.165) is 0 Å². The number of carbonyl (C=O) groups excluding carboxylic acids is 2. The Kier molecular flexibility index (Phi) is 7.13. The van der Waals surface area contributed by atoms with Crippen molar-refractivity contribution in [2.75, 3.05) is 6.61 Å². The minimum atomic E-state index is -4.78. The average Bonchev–Trinajstić information content (AvgIpc) is 2.63. The largest absolute Gasteiger partial charge is 0.466 e. The number of nitrogens with one attached hydrogen (secondary N) is 1. The zero-order chi connectivity index (χ0) is 20.7. The molecule has 1 atom stereocenters. The summed E-state index contributed by atoms with van der Waals surface area (Å²) in [6, 6.07) is 4.44. The standard InChI is InChI=1S/C18H20F3N3O4/c1-2-28-16(26)10-14(18(19,20)21)23-15(25)8-5-9-24-11-22-13-7-4-3-6-12(13)17(24)27/h3-4,6-7,11,14H,2,5,8-10H2,1H3,(H,23,25)/t14-/m0/s1. The molecule has 2 rings (SSSR count). The lowest BCUT2D eigenvalue weighted by Gasteiger charge is -2.20. The van der Waals surface area contributed by atoms with Crippen LogP contribution in [0.2, 0.25) is 0 Å². The molecule has 2 aromatic rings. The minimum Gasteiger partial charge on any atom is -0.466 e. The first-order valence-electron chi connectivity index (χ1n) is 8.68. The Bertz CT molecular complexity index is 896. The first kappa shape index (κ1) is 21.4. The number of benzene rings is 1. The molecule has 0 spiro atoms. The van der Waals surface area contributed by atoms with E-state index in [0.29, 0.717) is 10.9 Å². The molecule has 28 heavy (non-hydrogen) atoms. The Hall–Kier alpha value is -2.91. The summed E-state index contributed by atoms with van der Waals surface area (Å²) < 4.78 is 44.8. The molecular weight excluding hydrogens is 379 g/mol. The maximum absolute atomic E-state index is 13.0. The van der Waals surface area contributed by atoms with Gasteiger partial charge in [-0.3, -0.25) is 19.0 Å². The Morgan fingerprint density at radius 2 is 2.00 bits per heavy atom. The topological polar surface area (TPSA) is 90.3 Å². The van der Waals surface area contributed by atoms with Gasteiger partial charge in [-0.1, -0.05) is 12.1 Å². The lowest BCUT2D eigenvalue weighted by Crippen LogP contribution is -2.46. The second-order valence-corrected chi connectivity index (χ2v) is 6.03. The number of para-hydroxylation sites is 1. The molecule has 0 radical (unpaired) electrons. The molecule has 0 fully saturated rings. The molecular formula is C18H20F3N3O4. The predicted octanol–water partition coefficient (Wildman–Crippen LogP) is 2.18. The van der Waals surface area contributed by atoms with Crippen LogP contribution < -0.4 is 10.9 Å². The predicted molar refractivity (Wildman–Crippen MR) is 94.5 cm³/mol. The summed E-state index contributed by atoms with van der Waals surface area (Å²) in [4.78, 5) is 39.6. The molecule has 0 saturated carbocycles. The van der Waals surface area contributed by atoms with Gasteiger partial charge in [-0.25, -0.2) is 4.98 Å². The van der Waals surface area contributed by atoms with E-state index in [9.17, 15) is 27.6 Å². The van der Waals surface area contributed by atoms with E-state index in [1.54, 1.807) is 24.3 Å². The number of esters is 1. The molecule has 1 amide bonds. The van der Waals surface area contributed by atoms with E-state index < -0.39 is 30.5 Å². The van der Waals surface area contributed by atoms with Gasteiger partial charge in [-0.2, -0.15) is 13.2 Å². The number of hydrogen-bond acceptors (Lipinski definition) is 5. The van der Waals surface area contributed by atoms with Crippen molar-refractivity contribution in [3.63, 3.8) is 0 Å². The highest BCUT2D eigenvalue weighted by atomic mass is 19.4. The molecule has 0 saturated heterocycles. The summed E-state index contributed by atoms with van der Waals surface area (Å²) in [6.07, 6.45) is -4.54. The summed E-state index contributed by atoms with van der Waals surface area (Å²) in [7, 11) is 0. The van der Waals surface area contributed by atoms with Crippen LogP contribution in [0.15, 0.2) is 35.4 Å². The van der Waals surface area contributed by atoms with Crippen LogP contribution in [0.25, 0.3) is 10.9 Å². The van der Waals surface area contributed by atoms with Crippen LogP contribution in [-0.4, -0.2) is 40.3 Å². The number of aromatic nitrogens is 2. The van der Waals surface area contributed by atoms with Gasteiger partial charge in [0.2, 0.25) is 5.91 Å². The molecule has 1 aromatic carbocycles. The van der Waals surface area contributed by atoms with Crippen LogP contribution in [-0.2, 0) is 20.9 Å². The van der Waals surface area contributed by atoms with Crippen molar-refractivity contribution < 1.29 is 27.5 Å². The molecule has 1 heterocycles. The first-order valence-corrected chi connectivity index (χ1v) is 8.68. The molecule has 0 aliphatic rings. The number of ether oxygens (including phenoxy) is 1. The normalized spacial score (nSPS) is 12.6. The van der Waals surface area contributed by atoms with Gasteiger partial charge in [-0.05, 0) is 25.5 Å². The van der Waals surface area contributed by atoms with Gasteiger partial charge in [0.15, 0.2) is 0 Å². The first-order chi connectivity index (χ1) is 13.2. The van der Waals surface area contributed by atoms with Crippen molar-refractivity contribution >= 4 is 22.8 Å². The van der Waals surface area contributed by atoms with Gasteiger partial charge in [0.05, 0.1) is 30.3 Å². The highest BCUT2D eigenvalue weighted by Gasteiger charge is 2.42. The molecule has 0 bridgehead atoms. The maximum atomic E-state index is 13.0. The molecule has 152 valence electrons. The molecule has 0 unspecified atom stereocenters. The molecule has 10 heteroatoms. The van der Waals surface area contributed by atoms with Crippen LogP contribution in [0.1, 0.15) is 26.2 Å². The van der Waals surface area contributed by atoms with Crippen molar-refractivity contribution in [2.24, 2.45) is 0 Å². The summed E-state index contributed by atoms with van der Waals surface area (Å²) in [5.41, 5.74) is 0.245. The number of amides is 1. The van der Waals surface area contributed by atoms with E-state index in [1.165, 1.54) is 17.8 Å². The van der Waals surface area contributed by atoms with Crippen LogP contribution in [0, 0.1) is 0 Å². The lowest BCUT2D eigenvalue weighted by molar-refractivity contribution is -0.172. The second-order valence-electron chi connectivity index (χ2n) is 6.03. The van der Waals surface area contributed by atoms with Gasteiger partial charge in [0.1, 0.15) is 6.04 Å². The van der Waals surface area contributed by atoms with E-state index in [1.807, 2.05) is 5.32 Å². The van der Waals surface area contributed by atoms with Gasteiger partial charge in [0.25, 0.3) is 5.56 Å². The highest BCUT2D eigenvalue weighted by Crippen LogP contribution is 2.23. The van der Waals surface area contributed by atoms with Crippen molar-refractivity contribution in [2.45, 2.75) is 44.9 Å². The van der Waals surface area contributed by atoms with Crippen LogP contribution in [0.3, 0.4) is 0 Å².